The van der Waals surface area contributed by atoms with Gasteiger partial charge in [0.1, 0.15) is 11.7 Å². The molecule has 7 heteroatoms. The maximum absolute atomic E-state index is 12.1. The molecule has 0 saturated carbocycles. The molecule has 2 aliphatic rings. The van der Waals surface area contributed by atoms with Gasteiger partial charge in [-0.15, -0.1) is 0 Å². The van der Waals surface area contributed by atoms with Crippen LogP contribution in [0.4, 0.5) is 4.79 Å². The van der Waals surface area contributed by atoms with E-state index in [9.17, 15) is 14.7 Å². The number of carboxylic acid groups (broad SMARTS) is 1. The summed E-state index contributed by atoms with van der Waals surface area (Å²) < 4.78 is 16.6. The van der Waals surface area contributed by atoms with Crippen LogP contribution >= 0.6 is 0 Å². The molecule has 21 heavy (non-hydrogen) atoms. The lowest BCUT2D eigenvalue weighted by molar-refractivity contribution is -0.187. The Labute approximate surface area is 124 Å². The molecule has 0 aliphatic carbocycles. The lowest BCUT2D eigenvalue weighted by atomic mass is 9.90. The number of nitrogens with zero attached hydrogens (tertiary/aromatic N) is 1. The summed E-state index contributed by atoms with van der Waals surface area (Å²) in [6.07, 6.45) is -0.701. The van der Waals surface area contributed by atoms with Crippen molar-refractivity contribution in [1.29, 1.82) is 0 Å². The second-order valence-electron chi connectivity index (χ2n) is 6.99. The third-order valence-electron chi connectivity index (χ3n) is 3.47. The first kappa shape index (κ1) is 16.0. The van der Waals surface area contributed by atoms with Crippen molar-refractivity contribution >= 4 is 12.1 Å². The van der Waals surface area contributed by atoms with Gasteiger partial charge in [-0.2, -0.15) is 0 Å². The van der Waals surface area contributed by atoms with Gasteiger partial charge in [0.25, 0.3) is 0 Å². The van der Waals surface area contributed by atoms with E-state index in [-0.39, 0.29) is 6.54 Å². The molecule has 2 fully saturated rings. The van der Waals surface area contributed by atoms with Gasteiger partial charge in [0.05, 0.1) is 6.54 Å². The van der Waals surface area contributed by atoms with Crippen LogP contribution < -0.4 is 0 Å². The van der Waals surface area contributed by atoms with Gasteiger partial charge < -0.3 is 24.2 Å². The van der Waals surface area contributed by atoms with Crippen LogP contribution in [0, 0.1) is 0 Å². The summed E-state index contributed by atoms with van der Waals surface area (Å²) in [5, 5.41) is 9.58. The molecule has 0 aromatic heterocycles. The summed E-state index contributed by atoms with van der Waals surface area (Å²) in [5.74, 6) is -2.10. The fourth-order valence-corrected chi connectivity index (χ4v) is 2.76. The van der Waals surface area contributed by atoms with Crippen molar-refractivity contribution in [3.05, 3.63) is 0 Å². The second-order valence-corrected chi connectivity index (χ2v) is 6.99. The van der Waals surface area contributed by atoms with Crippen LogP contribution in [0.1, 0.15) is 41.0 Å². The number of carboxylic acids is 1. The number of hydrogen-bond acceptors (Lipinski definition) is 5. The molecule has 0 aromatic rings. The van der Waals surface area contributed by atoms with Gasteiger partial charge >= 0.3 is 12.1 Å². The molecule has 0 spiro atoms. The summed E-state index contributed by atoms with van der Waals surface area (Å²) in [5.41, 5.74) is -2.16. The molecule has 0 aromatic carbocycles. The van der Waals surface area contributed by atoms with E-state index >= 15 is 0 Å². The first-order chi connectivity index (χ1) is 9.45. The predicted octanol–water partition coefficient (Wildman–Crippen LogP) is 1.60. The fourth-order valence-electron chi connectivity index (χ4n) is 2.76. The minimum Gasteiger partial charge on any atom is -0.479 e. The Morgan fingerprint density at radius 2 is 1.95 bits per heavy atom. The zero-order valence-corrected chi connectivity index (χ0v) is 13.1. The third kappa shape index (κ3) is 3.13. The first-order valence-electron chi connectivity index (χ1n) is 7.04. The topological polar surface area (TPSA) is 85.3 Å². The van der Waals surface area contributed by atoms with Crippen molar-refractivity contribution in [3.63, 3.8) is 0 Å². The Kier molecular flexibility index (Phi) is 3.70. The van der Waals surface area contributed by atoms with Crippen LogP contribution in [0.3, 0.4) is 0 Å². The van der Waals surface area contributed by atoms with Crippen molar-refractivity contribution in [3.8, 4) is 0 Å². The summed E-state index contributed by atoms with van der Waals surface area (Å²) in [6.45, 7) is 8.95. The maximum atomic E-state index is 12.1. The van der Waals surface area contributed by atoms with Crippen LogP contribution in [0.5, 0.6) is 0 Å². The van der Waals surface area contributed by atoms with Gasteiger partial charge in [0, 0.05) is 6.54 Å². The molecular weight excluding hydrogens is 278 g/mol. The van der Waals surface area contributed by atoms with Crippen molar-refractivity contribution in [1.82, 2.24) is 4.90 Å². The van der Waals surface area contributed by atoms with E-state index in [1.54, 1.807) is 34.6 Å². The molecule has 2 heterocycles. The number of rotatable bonds is 1. The van der Waals surface area contributed by atoms with Gasteiger partial charge in [0.15, 0.2) is 5.79 Å². The van der Waals surface area contributed by atoms with E-state index in [2.05, 4.69) is 0 Å². The predicted molar refractivity (Wildman–Crippen MR) is 72.8 cm³/mol. The minimum absolute atomic E-state index is 0.0780. The fraction of sp³-hybridized carbons (Fsp3) is 0.857. The molecule has 0 radical (unpaired) electrons. The number of carbonyl (C=O) groups is 2. The molecular formula is C14H23NO6. The molecule has 2 aliphatic heterocycles. The Morgan fingerprint density at radius 3 is 2.48 bits per heavy atom. The Morgan fingerprint density at radius 1 is 1.33 bits per heavy atom. The Balaban J connectivity index is 2.18. The number of amides is 1. The highest BCUT2D eigenvalue weighted by atomic mass is 16.8. The van der Waals surface area contributed by atoms with E-state index < -0.39 is 35.2 Å². The van der Waals surface area contributed by atoms with Gasteiger partial charge in [-0.3, -0.25) is 0 Å². The van der Waals surface area contributed by atoms with Gasteiger partial charge in [-0.25, -0.2) is 9.59 Å². The lowest BCUT2D eigenvalue weighted by Gasteiger charge is -2.39. The van der Waals surface area contributed by atoms with Crippen LogP contribution in [0.25, 0.3) is 0 Å². The Hall–Kier alpha value is -1.34. The van der Waals surface area contributed by atoms with Crippen LogP contribution in [-0.4, -0.2) is 58.3 Å². The summed E-state index contributed by atoms with van der Waals surface area (Å²) in [6, 6.07) is 0. The molecule has 0 unspecified atom stereocenters. The summed E-state index contributed by atoms with van der Waals surface area (Å²) in [7, 11) is 0. The molecule has 120 valence electrons. The quantitative estimate of drug-likeness (QED) is 0.792. The maximum Gasteiger partial charge on any atom is 0.410 e. The van der Waals surface area contributed by atoms with E-state index in [1.165, 1.54) is 4.90 Å². The summed E-state index contributed by atoms with van der Waals surface area (Å²) >= 11 is 0. The standard InChI is InChI=1S/C14H23NO6/c1-12(2,3)20-11(18)15-7-6-9-14(8-15,10(16)17)21-13(4,5)19-9/h9H,6-8H2,1-5H3,(H,16,17)/t9-,14+/m1/s1. The highest BCUT2D eigenvalue weighted by Gasteiger charge is 2.61. The van der Waals surface area contributed by atoms with Gasteiger partial charge in [-0.05, 0) is 41.0 Å². The number of likely N-dealkylation sites (tertiary alicyclic amines) is 1. The number of hydrogen-bond donors (Lipinski definition) is 1. The Bertz CT molecular complexity index is 455. The van der Waals surface area contributed by atoms with Crippen LogP contribution in [0.2, 0.25) is 0 Å². The minimum atomic E-state index is -1.53. The van der Waals surface area contributed by atoms with E-state index in [1.807, 2.05) is 0 Å². The van der Waals surface area contributed by atoms with Crippen LogP contribution in [0.15, 0.2) is 0 Å². The van der Waals surface area contributed by atoms with Crippen molar-refractivity contribution in [2.24, 2.45) is 0 Å². The largest absolute Gasteiger partial charge is 0.479 e. The summed E-state index contributed by atoms with van der Waals surface area (Å²) in [4.78, 5) is 25.2. The number of piperidine rings is 1. The smallest absolute Gasteiger partial charge is 0.410 e. The van der Waals surface area contributed by atoms with E-state index in [4.69, 9.17) is 14.2 Å². The zero-order chi connectivity index (χ0) is 16.1. The van der Waals surface area contributed by atoms with Crippen molar-refractivity contribution < 1.29 is 28.9 Å². The highest BCUT2D eigenvalue weighted by molar-refractivity contribution is 5.81. The normalized spacial score (nSPS) is 31.7. The average molecular weight is 301 g/mol. The van der Waals surface area contributed by atoms with E-state index in [0.717, 1.165) is 0 Å². The third-order valence-corrected chi connectivity index (χ3v) is 3.47. The second kappa shape index (κ2) is 4.84. The number of carbonyl (C=O) groups excluding carboxylic acids is 1. The molecule has 2 saturated heterocycles. The van der Waals surface area contributed by atoms with Crippen molar-refractivity contribution in [2.75, 3.05) is 13.1 Å². The molecule has 2 atom stereocenters. The SMILES string of the molecule is CC(C)(C)OC(=O)N1CC[C@H]2OC(C)(C)O[C@@]2(C(=O)O)C1. The van der Waals surface area contributed by atoms with Gasteiger partial charge in [0.2, 0.25) is 5.60 Å². The monoisotopic (exact) mass is 301 g/mol. The van der Waals surface area contributed by atoms with Crippen LogP contribution in [-0.2, 0) is 19.0 Å². The number of ether oxygens (including phenoxy) is 3. The number of fused-ring (bicyclic) bond motifs is 1. The number of aliphatic carboxylic acids is 1. The molecule has 7 nitrogen and oxygen atoms in total. The highest BCUT2D eigenvalue weighted by Crippen LogP contribution is 2.41. The lowest BCUT2D eigenvalue weighted by Crippen LogP contribution is -2.61. The van der Waals surface area contributed by atoms with Gasteiger partial charge in [-0.1, -0.05) is 0 Å². The van der Waals surface area contributed by atoms with E-state index in [0.29, 0.717) is 13.0 Å². The first-order valence-corrected chi connectivity index (χ1v) is 7.04. The average Bonchev–Trinajstić information content (AvgIpc) is 2.56. The zero-order valence-electron chi connectivity index (χ0n) is 13.1. The molecule has 1 N–H and O–H groups in total. The molecule has 2 rings (SSSR count). The molecule has 0 bridgehead atoms. The molecule has 1 amide bonds. The van der Waals surface area contributed by atoms with Crippen molar-refractivity contribution in [2.45, 2.75) is 64.1 Å².